The van der Waals surface area contributed by atoms with E-state index >= 15 is 0 Å². The summed E-state index contributed by atoms with van der Waals surface area (Å²) >= 11 is 3.05. The predicted octanol–water partition coefficient (Wildman–Crippen LogP) is 4.03. The Hall–Kier alpha value is -1.56. The maximum absolute atomic E-state index is 11.6. The molecule has 0 saturated heterocycles. The van der Waals surface area contributed by atoms with Crippen LogP contribution in [0.25, 0.3) is 0 Å². The van der Waals surface area contributed by atoms with Crippen molar-refractivity contribution in [3.8, 4) is 0 Å². The molecule has 1 unspecified atom stereocenters. The molecule has 1 rings (SSSR count). The fourth-order valence-electron chi connectivity index (χ4n) is 1.59. The van der Waals surface area contributed by atoms with E-state index in [0.717, 1.165) is 5.56 Å². The lowest BCUT2D eigenvalue weighted by Gasteiger charge is -2.19. The van der Waals surface area contributed by atoms with Crippen LogP contribution in [0, 0.1) is 0 Å². The van der Waals surface area contributed by atoms with E-state index in [1.807, 2.05) is 0 Å². The highest BCUT2D eigenvalue weighted by Crippen LogP contribution is 2.20. The lowest BCUT2D eigenvalue weighted by molar-refractivity contribution is -0.142. The zero-order chi connectivity index (χ0) is 16.0. The van der Waals surface area contributed by atoms with Crippen molar-refractivity contribution in [3.63, 3.8) is 0 Å². The van der Waals surface area contributed by atoms with Crippen molar-refractivity contribution in [1.29, 1.82) is 0 Å². The second-order valence-corrected chi connectivity index (χ2v) is 6.00. The maximum atomic E-state index is 11.6. The van der Waals surface area contributed by atoms with Crippen LogP contribution in [0.15, 0.2) is 24.3 Å². The van der Waals surface area contributed by atoms with Gasteiger partial charge in [0.15, 0.2) is 0 Å². The molecule has 0 spiro atoms. The smallest absolute Gasteiger partial charge is 0.412 e. The quantitative estimate of drug-likeness (QED) is 0.652. The van der Waals surface area contributed by atoms with Crippen LogP contribution < -0.4 is 5.32 Å². The molecular weight excluding hydrogens is 338 g/mol. The molecule has 5 nitrogen and oxygen atoms in total. The molecule has 6 heteroatoms. The van der Waals surface area contributed by atoms with E-state index in [4.69, 9.17) is 9.47 Å². The van der Waals surface area contributed by atoms with Gasteiger partial charge in [-0.05, 0) is 61.3 Å². The number of benzene rings is 1. The van der Waals surface area contributed by atoms with Gasteiger partial charge in [-0.3, -0.25) is 10.1 Å². The number of ether oxygens (including phenoxy) is 2. The fourth-order valence-corrected chi connectivity index (χ4v) is 1.82. The molecule has 0 aromatic heterocycles. The topological polar surface area (TPSA) is 64.6 Å². The van der Waals surface area contributed by atoms with Crippen molar-refractivity contribution in [3.05, 3.63) is 29.8 Å². The Morgan fingerprint density at radius 3 is 2.29 bits per heavy atom. The van der Waals surface area contributed by atoms with Crippen LogP contribution in [0.1, 0.15) is 39.2 Å². The van der Waals surface area contributed by atoms with Gasteiger partial charge >= 0.3 is 12.1 Å². The number of esters is 1. The minimum atomic E-state index is -0.544. The summed E-state index contributed by atoms with van der Waals surface area (Å²) in [4.78, 5) is 23.2. The Labute approximate surface area is 133 Å². The van der Waals surface area contributed by atoms with E-state index in [1.165, 1.54) is 0 Å². The van der Waals surface area contributed by atoms with Crippen LogP contribution in [-0.2, 0) is 14.3 Å². The highest BCUT2D eigenvalue weighted by molar-refractivity contribution is 9.09. The molecule has 116 valence electrons. The van der Waals surface area contributed by atoms with Gasteiger partial charge in [-0.25, -0.2) is 4.79 Å². The van der Waals surface area contributed by atoms with Gasteiger partial charge in [0.25, 0.3) is 0 Å². The van der Waals surface area contributed by atoms with Crippen LogP contribution >= 0.6 is 15.9 Å². The lowest BCUT2D eigenvalue weighted by atomic mass is 10.0. The monoisotopic (exact) mass is 357 g/mol. The molecular formula is C15H20BrNO4. The molecule has 0 saturated carbocycles. The van der Waals surface area contributed by atoms with E-state index in [0.29, 0.717) is 5.69 Å². The van der Waals surface area contributed by atoms with Gasteiger partial charge in [0.2, 0.25) is 0 Å². The van der Waals surface area contributed by atoms with Crippen LogP contribution in [0.5, 0.6) is 0 Å². The molecule has 1 amide bonds. The largest absolute Gasteiger partial charge is 0.454 e. The van der Waals surface area contributed by atoms with Gasteiger partial charge in [0, 0.05) is 5.69 Å². The van der Waals surface area contributed by atoms with Crippen LogP contribution in [-0.4, -0.2) is 23.2 Å². The number of hydrogen-bond acceptors (Lipinski definition) is 4. The van der Waals surface area contributed by atoms with E-state index in [2.05, 4.69) is 21.2 Å². The summed E-state index contributed by atoms with van der Waals surface area (Å²) < 4.78 is 10.1. The zero-order valence-electron chi connectivity index (χ0n) is 12.6. The summed E-state index contributed by atoms with van der Waals surface area (Å²) in [5, 5.41) is 2.63. The molecule has 21 heavy (non-hydrogen) atoms. The second kappa shape index (κ2) is 7.45. The molecule has 0 radical (unpaired) electrons. The number of rotatable bonds is 4. The summed E-state index contributed by atoms with van der Waals surface area (Å²) in [5.41, 5.74) is 1.05. The van der Waals surface area contributed by atoms with Crippen molar-refractivity contribution in [1.82, 2.24) is 0 Å². The molecule has 0 fully saturated rings. The molecule has 1 N–H and O–H groups in total. The van der Waals surface area contributed by atoms with Crippen LogP contribution in [0.2, 0.25) is 0 Å². The van der Waals surface area contributed by atoms with Crippen molar-refractivity contribution in [2.24, 2.45) is 0 Å². The van der Waals surface area contributed by atoms with Gasteiger partial charge in [-0.2, -0.15) is 0 Å². The maximum Gasteiger partial charge on any atom is 0.412 e. The summed E-state index contributed by atoms with van der Waals surface area (Å²) in [6.07, 6.45) is -0.512. The molecule has 0 aliphatic carbocycles. The van der Waals surface area contributed by atoms with Crippen molar-refractivity contribution >= 4 is 33.7 Å². The average Bonchev–Trinajstić information content (AvgIpc) is 2.36. The third-order valence-electron chi connectivity index (χ3n) is 2.61. The number of carbonyl (C=O) groups is 2. The standard InChI is InChI=1S/C15H20BrNO4/c1-10(13(18)20-9-16)11-5-7-12(8-6-11)17-14(19)21-15(2,3)4/h5-8,10H,9H2,1-4H3,(H,17,19). The zero-order valence-corrected chi connectivity index (χ0v) is 14.2. The fraction of sp³-hybridized carbons (Fsp3) is 0.467. The number of nitrogens with one attached hydrogen (secondary N) is 1. The average molecular weight is 358 g/mol. The molecule has 0 aliphatic rings. The minimum Gasteiger partial charge on any atom is -0.454 e. The Morgan fingerprint density at radius 1 is 1.24 bits per heavy atom. The summed E-state index contributed by atoms with van der Waals surface area (Å²) in [5.74, 6) is -0.669. The first-order valence-electron chi connectivity index (χ1n) is 6.55. The van der Waals surface area contributed by atoms with E-state index in [9.17, 15) is 9.59 Å². The Balaban J connectivity index is 2.66. The van der Waals surface area contributed by atoms with Crippen molar-refractivity contribution in [2.75, 3.05) is 10.8 Å². The number of hydrogen-bond donors (Lipinski definition) is 1. The molecule has 1 aromatic carbocycles. The number of anilines is 1. The van der Waals surface area contributed by atoms with Gasteiger partial charge in [0.05, 0.1) is 5.92 Å². The highest BCUT2D eigenvalue weighted by Gasteiger charge is 2.18. The minimum absolute atomic E-state index is 0.175. The molecule has 0 bridgehead atoms. The molecule has 0 heterocycles. The summed E-state index contributed by atoms with van der Waals surface area (Å²) in [6, 6.07) is 6.98. The van der Waals surface area contributed by atoms with Crippen molar-refractivity contribution in [2.45, 2.75) is 39.2 Å². The molecule has 0 aliphatic heterocycles. The Bertz CT molecular complexity index is 493. The lowest BCUT2D eigenvalue weighted by Crippen LogP contribution is -2.27. The van der Waals surface area contributed by atoms with Crippen LogP contribution in [0.4, 0.5) is 10.5 Å². The van der Waals surface area contributed by atoms with Gasteiger partial charge < -0.3 is 9.47 Å². The van der Waals surface area contributed by atoms with Gasteiger partial charge in [-0.15, -0.1) is 0 Å². The first kappa shape index (κ1) is 17.5. The highest BCUT2D eigenvalue weighted by atomic mass is 79.9. The Kier molecular flexibility index (Phi) is 6.20. The SMILES string of the molecule is CC(C(=O)OCBr)c1ccc(NC(=O)OC(C)(C)C)cc1. The third-order valence-corrected chi connectivity index (χ3v) is 2.84. The molecule has 1 aromatic rings. The van der Waals surface area contributed by atoms with E-state index < -0.39 is 11.7 Å². The molecule has 1 atom stereocenters. The van der Waals surface area contributed by atoms with E-state index in [1.54, 1.807) is 52.0 Å². The third kappa shape index (κ3) is 6.16. The van der Waals surface area contributed by atoms with Crippen molar-refractivity contribution < 1.29 is 19.1 Å². The normalized spacial score (nSPS) is 12.4. The second-order valence-electron chi connectivity index (χ2n) is 5.54. The number of amides is 1. The van der Waals surface area contributed by atoms with Crippen LogP contribution in [0.3, 0.4) is 0 Å². The summed E-state index contributed by atoms with van der Waals surface area (Å²) in [6.45, 7) is 7.16. The number of halogens is 1. The number of alkyl halides is 1. The van der Waals surface area contributed by atoms with E-state index in [-0.39, 0.29) is 17.4 Å². The predicted molar refractivity (Wildman–Crippen MR) is 84.6 cm³/mol. The van der Waals surface area contributed by atoms with Gasteiger partial charge in [0.1, 0.15) is 11.1 Å². The first-order chi connectivity index (χ1) is 9.73. The van der Waals surface area contributed by atoms with Gasteiger partial charge in [-0.1, -0.05) is 12.1 Å². The first-order valence-corrected chi connectivity index (χ1v) is 7.67. The Morgan fingerprint density at radius 2 is 1.81 bits per heavy atom. The summed E-state index contributed by atoms with van der Waals surface area (Å²) in [7, 11) is 0. The number of carbonyl (C=O) groups excluding carboxylic acids is 2.